The van der Waals surface area contributed by atoms with Gasteiger partial charge in [0.15, 0.2) is 5.41 Å². The summed E-state index contributed by atoms with van der Waals surface area (Å²) in [6, 6.07) is 4.83. The van der Waals surface area contributed by atoms with Crippen LogP contribution >= 0.6 is 0 Å². The molecule has 20 heavy (non-hydrogen) atoms. The second kappa shape index (κ2) is 5.00. The quantitative estimate of drug-likeness (QED) is 0.657. The molecule has 5 heteroatoms. The van der Waals surface area contributed by atoms with Crippen molar-refractivity contribution < 1.29 is 24.2 Å². The summed E-state index contributed by atoms with van der Waals surface area (Å²) in [4.78, 5) is 24.2. The van der Waals surface area contributed by atoms with Crippen LogP contribution in [0, 0.1) is 5.41 Å². The molecule has 1 aromatic carbocycles. The molecule has 0 saturated carbocycles. The lowest BCUT2D eigenvalue weighted by Gasteiger charge is -2.30. The zero-order valence-corrected chi connectivity index (χ0v) is 11.6. The Balaban J connectivity index is 2.60. The number of ether oxygens (including phenoxy) is 2. The molecule has 0 radical (unpaired) electrons. The molecule has 0 aromatic heterocycles. The Morgan fingerprint density at radius 2 is 1.80 bits per heavy atom. The van der Waals surface area contributed by atoms with Crippen molar-refractivity contribution >= 4 is 17.5 Å². The maximum Gasteiger partial charge on any atom is 0.327 e. The Kier molecular flexibility index (Phi) is 3.53. The highest BCUT2D eigenvalue weighted by Crippen LogP contribution is 2.39. The average molecular weight is 276 g/mol. The normalized spacial score (nSPS) is 15.8. The molecule has 1 N–H and O–H groups in total. The molecule has 1 aliphatic carbocycles. The van der Waals surface area contributed by atoms with E-state index in [1.165, 1.54) is 20.3 Å². The van der Waals surface area contributed by atoms with Gasteiger partial charge in [0.05, 0.1) is 14.2 Å². The zero-order valence-electron chi connectivity index (χ0n) is 11.6. The number of methoxy groups -OCH3 is 2. The van der Waals surface area contributed by atoms with Crippen LogP contribution in [-0.2, 0) is 25.5 Å². The van der Waals surface area contributed by atoms with Crippen molar-refractivity contribution in [2.24, 2.45) is 5.41 Å². The highest BCUT2D eigenvalue weighted by molar-refractivity contribution is 6.05. The predicted molar refractivity (Wildman–Crippen MR) is 71.9 cm³/mol. The lowest BCUT2D eigenvalue weighted by Crippen LogP contribution is -2.43. The van der Waals surface area contributed by atoms with Crippen molar-refractivity contribution in [1.29, 1.82) is 0 Å². The van der Waals surface area contributed by atoms with Crippen molar-refractivity contribution in [3.63, 3.8) is 0 Å². The number of aromatic hydroxyl groups is 1. The molecule has 1 aliphatic rings. The fraction of sp³-hybridized carbons (Fsp3) is 0.333. The third-order valence-corrected chi connectivity index (χ3v) is 3.55. The van der Waals surface area contributed by atoms with Gasteiger partial charge in [0.1, 0.15) is 5.75 Å². The fourth-order valence-corrected chi connectivity index (χ4v) is 2.59. The summed E-state index contributed by atoms with van der Waals surface area (Å²) in [6.07, 6.45) is 1.70. The topological polar surface area (TPSA) is 72.8 Å². The van der Waals surface area contributed by atoms with Gasteiger partial charge in [-0.1, -0.05) is 12.1 Å². The number of allylic oxidation sites excluding steroid dienone is 1. The van der Waals surface area contributed by atoms with Gasteiger partial charge >= 0.3 is 11.9 Å². The Morgan fingerprint density at radius 1 is 1.20 bits per heavy atom. The molecule has 0 heterocycles. The van der Waals surface area contributed by atoms with Crippen molar-refractivity contribution in [3.8, 4) is 5.75 Å². The van der Waals surface area contributed by atoms with E-state index in [4.69, 9.17) is 9.47 Å². The first-order chi connectivity index (χ1) is 9.44. The summed E-state index contributed by atoms with van der Waals surface area (Å²) in [5.74, 6) is -1.16. The van der Waals surface area contributed by atoms with E-state index in [0.29, 0.717) is 0 Å². The summed E-state index contributed by atoms with van der Waals surface area (Å²) in [5.41, 5.74) is 0.863. The van der Waals surface area contributed by atoms with Crippen LogP contribution in [0.2, 0.25) is 0 Å². The summed E-state index contributed by atoms with van der Waals surface area (Å²) in [5, 5.41) is 9.54. The number of carbonyl (C=O) groups is 2. The van der Waals surface area contributed by atoms with E-state index < -0.39 is 17.4 Å². The number of benzene rings is 1. The highest BCUT2D eigenvalue weighted by Gasteiger charge is 2.49. The molecular weight excluding hydrogens is 260 g/mol. The van der Waals surface area contributed by atoms with Crippen LogP contribution < -0.4 is 0 Å². The molecule has 0 aliphatic heterocycles. The maximum absolute atomic E-state index is 12.1. The first-order valence-electron chi connectivity index (χ1n) is 6.13. The van der Waals surface area contributed by atoms with E-state index in [-0.39, 0.29) is 12.2 Å². The zero-order chi connectivity index (χ0) is 14.9. The Bertz CT molecular complexity index is 584. The lowest BCUT2D eigenvalue weighted by molar-refractivity contribution is -0.165. The van der Waals surface area contributed by atoms with Gasteiger partial charge in [-0.05, 0) is 35.8 Å². The standard InChI is InChI=1S/C15H16O5/c1-9-7-15(13(17)19-2,14(18)20-3)8-10-4-5-11(16)6-12(9)10/h4-7,16H,8H2,1-3H3. The molecular formula is C15H16O5. The van der Waals surface area contributed by atoms with Gasteiger partial charge in [-0.2, -0.15) is 0 Å². The van der Waals surface area contributed by atoms with E-state index >= 15 is 0 Å². The third-order valence-electron chi connectivity index (χ3n) is 3.55. The maximum atomic E-state index is 12.1. The van der Waals surface area contributed by atoms with Crippen molar-refractivity contribution in [3.05, 3.63) is 35.4 Å². The number of phenols is 1. The lowest BCUT2D eigenvalue weighted by atomic mass is 9.73. The molecule has 0 atom stereocenters. The monoisotopic (exact) mass is 276 g/mol. The number of fused-ring (bicyclic) bond motifs is 1. The fourth-order valence-electron chi connectivity index (χ4n) is 2.59. The minimum atomic E-state index is -1.46. The van der Waals surface area contributed by atoms with Crippen molar-refractivity contribution in [2.75, 3.05) is 14.2 Å². The third kappa shape index (κ3) is 2.05. The number of rotatable bonds is 2. The second-order valence-electron chi connectivity index (χ2n) is 4.80. The summed E-state index contributed by atoms with van der Waals surface area (Å²) >= 11 is 0. The first kappa shape index (κ1) is 14.1. The Morgan fingerprint density at radius 3 is 2.35 bits per heavy atom. The molecule has 0 fully saturated rings. The minimum Gasteiger partial charge on any atom is -0.508 e. The molecule has 106 valence electrons. The molecule has 2 rings (SSSR count). The molecule has 0 amide bonds. The van der Waals surface area contributed by atoms with Gasteiger partial charge in [-0.3, -0.25) is 9.59 Å². The second-order valence-corrected chi connectivity index (χ2v) is 4.80. The predicted octanol–water partition coefficient (Wildman–Crippen LogP) is 1.68. The SMILES string of the molecule is COC(=O)C1(C(=O)OC)C=C(C)c2cc(O)ccc2C1. The van der Waals surface area contributed by atoms with Gasteiger partial charge in [-0.25, -0.2) is 0 Å². The average Bonchev–Trinajstić information content (AvgIpc) is 2.45. The van der Waals surface area contributed by atoms with Crippen LogP contribution in [0.15, 0.2) is 24.3 Å². The van der Waals surface area contributed by atoms with Gasteiger partial charge in [0, 0.05) is 6.42 Å². The van der Waals surface area contributed by atoms with Crippen LogP contribution in [0.5, 0.6) is 5.75 Å². The Labute approximate surface area is 116 Å². The largest absolute Gasteiger partial charge is 0.508 e. The number of carbonyl (C=O) groups excluding carboxylic acids is 2. The summed E-state index contributed by atoms with van der Waals surface area (Å²) in [7, 11) is 2.48. The van der Waals surface area contributed by atoms with Crippen LogP contribution in [-0.4, -0.2) is 31.3 Å². The number of esters is 2. The minimum absolute atomic E-state index is 0.139. The van der Waals surface area contributed by atoms with E-state index in [9.17, 15) is 14.7 Å². The van der Waals surface area contributed by atoms with Crippen LogP contribution in [0.3, 0.4) is 0 Å². The smallest absolute Gasteiger partial charge is 0.327 e. The van der Waals surface area contributed by atoms with E-state index in [2.05, 4.69) is 0 Å². The van der Waals surface area contributed by atoms with E-state index in [1.54, 1.807) is 25.1 Å². The van der Waals surface area contributed by atoms with Gasteiger partial charge < -0.3 is 14.6 Å². The summed E-state index contributed by atoms with van der Waals surface area (Å²) in [6.45, 7) is 1.78. The van der Waals surface area contributed by atoms with Gasteiger partial charge in [0.25, 0.3) is 0 Å². The van der Waals surface area contributed by atoms with Gasteiger partial charge in [-0.15, -0.1) is 0 Å². The van der Waals surface area contributed by atoms with E-state index in [1.807, 2.05) is 0 Å². The molecule has 0 saturated heterocycles. The van der Waals surface area contributed by atoms with E-state index in [0.717, 1.165) is 16.7 Å². The first-order valence-corrected chi connectivity index (χ1v) is 6.13. The van der Waals surface area contributed by atoms with Crippen LogP contribution in [0.25, 0.3) is 5.57 Å². The number of hydrogen-bond acceptors (Lipinski definition) is 5. The van der Waals surface area contributed by atoms with Crippen LogP contribution in [0.1, 0.15) is 18.1 Å². The highest BCUT2D eigenvalue weighted by atomic mass is 16.5. The summed E-state index contributed by atoms with van der Waals surface area (Å²) < 4.78 is 9.54. The molecule has 5 nitrogen and oxygen atoms in total. The number of phenolic OH excluding ortho intramolecular Hbond substituents is 1. The molecule has 1 aromatic rings. The Hall–Kier alpha value is -2.30. The van der Waals surface area contributed by atoms with Crippen molar-refractivity contribution in [2.45, 2.75) is 13.3 Å². The van der Waals surface area contributed by atoms with Crippen LogP contribution in [0.4, 0.5) is 0 Å². The van der Waals surface area contributed by atoms with Gasteiger partial charge in [0.2, 0.25) is 0 Å². The van der Waals surface area contributed by atoms with Crippen molar-refractivity contribution in [1.82, 2.24) is 0 Å². The molecule has 0 unspecified atom stereocenters. The molecule has 0 bridgehead atoms. The number of hydrogen-bond donors (Lipinski definition) is 1. The molecule has 0 spiro atoms.